The zero-order valence-electron chi connectivity index (χ0n) is 20.1. The van der Waals surface area contributed by atoms with Crippen molar-refractivity contribution in [2.24, 2.45) is 0 Å². The van der Waals surface area contributed by atoms with Gasteiger partial charge in [0, 0.05) is 5.69 Å². The SMILES string of the molecule is COc1ccc(C2=C(Nc3ccc(C(C)C)cc3)C(=O)N(CCOC(C)C)C2=O)cc1OC. The van der Waals surface area contributed by atoms with Gasteiger partial charge in [-0.1, -0.05) is 32.0 Å². The predicted octanol–water partition coefficient (Wildman–Crippen LogP) is 4.44. The topological polar surface area (TPSA) is 77.1 Å². The van der Waals surface area contributed by atoms with Gasteiger partial charge in [0.25, 0.3) is 11.8 Å². The lowest BCUT2D eigenvalue weighted by molar-refractivity contribution is -0.137. The molecule has 0 fully saturated rings. The van der Waals surface area contributed by atoms with Gasteiger partial charge in [0.05, 0.1) is 39.0 Å². The first kappa shape index (κ1) is 24.3. The summed E-state index contributed by atoms with van der Waals surface area (Å²) in [5.74, 6) is 0.655. The summed E-state index contributed by atoms with van der Waals surface area (Å²) in [6.07, 6.45) is 0.00755. The Morgan fingerprint density at radius 3 is 2.12 bits per heavy atom. The van der Waals surface area contributed by atoms with Crippen LogP contribution in [0.15, 0.2) is 48.2 Å². The van der Waals surface area contributed by atoms with Crippen LogP contribution in [0.25, 0.3) is 5.57 Å². The lowest BCUT2D eigenvalue weighted by Gasteiger charge is -2.16. The number of hydrogen-bond acceptors (Lipinski definition) is 6. The number of ether oxygens (including phenoxy) is 3. The normalized spacial score (nSPS) is 14.0. The van der Waals surface area contributed by atoms with E-state index in [4.69, 9.17) is 14.2 Å². The van der Waals surface area contributed by atoms with Crippen molar-refractivity contribution < 1.29 is 23.8 Å². The van der Waals surface area contributed by atoms with Crippen molar-refractivity contribution in [3.8, 4) is 11.5 Å². The molecule has 0 spiro atoms. The highest BCUT2D eigenvalue weighted by Crippen LogP contribution is 2.35. The highest BCUT2D eigenvalue weighted by Gasteiger charge is 2.39. The summed E-state index contributed by atoms with van der Waals surface area (Å²) in [5.41, 5.74) is 3.01. The number of carbonyl (C=O) groups excluding carboxylic acids is 2. The molecule has 2 aromatic rings. The molecule has 7 heteroatoms. The van der Waals surface area contributed by atoms with Crippen molar-refractivity contribution in [3.63, 3.8) is 0 Å². The molecule has 0 radical (unpaired) electrons. The van der Waals surface area contributed by atoms with Crippen LogP contribution in [0, 0.1) is 0 Å². The minimum absolute atomic E-state index is 0.00755. The number of rotatable bonds is 10. The van der Waals surface area contributed by atoms with Crippen LogP contribution in [0.1, 0.15) is 44.7 Å². The second-order valence-corrected chi connectivity index (χ2v) is 8.40. The number of carbonyl (C=O) groups is 2. The molecule has 0 bridgehead atoms. The molecular formula is C26H32N2O5. The fraction of sp³-hybridized carbons (Fsp3) is 0.385. The molecule has 0 aromatic heterocycles. The van der Waals surface area contributed by atoms with E-state index < -0.39 is 0 Å². The molecule has 0 atom stereocenters. The van der Waals surface area contributed by atoms with Gasteiger partial charge in [-0.25, -0.2) is 0 Å². The summed E-state index contributed by atoms with van der Waals surface area (Å²) >= 11 is 0. The number of amides is 2. The molecule has 0 unspecified atom stereocenters. The monoisotopic (exact) mass is 452 g/mol. The van der Waals surface area contributed by atoms with Gasteiger partial charge >= 0.3 is 0 Å². The van der Waals surface area contributed by atoms with E-state index in [9.17, 15) is 9.59 Å². The average Bonchev–Trinajstić information content (AvgIpc) is 3.02. The standard InChI is InChI=1S/C26H32N2O5/c1-16(2)18-7-10-20(11-8-18)27-24-23(19-9-12-21(31-5)22(15-19)32-6)25(29)28(26(24)30)13-14-33-17(3)4/h7-12,15-17,27H,13-14H2,1-6H3. The minimum atomic E-state index is -0.384. The number of imide groups is 1. The third-order valence-corrected chi connectivity index (χ3v) is 5.45. The molecule has 0 saturated heterocycles. The van der Waals surface area contributed by atoms with Crippen molar-refractivity contribution in [2.75, 3.05) is 32.7 Å². The molecule has 0 saturated carbocycles. The van der Waals surface area contributed by atoms with Crippen molar-refractivity contribution in [2.45, 2.75) is 39.7 Å². The number of hydrogen-bond donors (Lipinski definition) is 1. The summed E-state index contributed by atoms with van der Waals surface area (Å²) in [5, 5.41) is 3.19. The fourth-order valence-electron chi connectivity index (χ4n) is 3.63. The van der Waals surface area contributed by atoms with Crippen molar-refractivity contribution >= 4 is 23.1 Å². The Labute approximate surface area is 195 Å². The molecule has 1 N–H and O–H groups in total. The van der Waals surface area contributed by atoms with E-state index in [2.05, 4.69) is 19.2 Å². The number of anilines is 1. The molecule has 1 aliphatic heterocycles. The quantitative estimate of drug-likeness (QED) is 0.537. The van der Waals surface area contributed by atoms with Crippen LogP contribution >= 0.6 is 0 Å². The van der Waals surface area contributed by atoms with Crippen LogP contribution in [0.4, 0.5) is 5.69 Å². The summed E-state index contributed by atoms with van der Waals surface area (Å²) < 4.78 is 16.3. The van der Waals surface area contributed by atoms with E-state index >= 15 is 0 Å². The maximum atomic E-state index is 13.4. The van der Waals surface area contributed by atoms with Gasteiger partial charge in [-0.3, -0.25) is 14.5 Å². The van der Waals surface area contributed by atoms with E-state index in [-0.39, 0.29) is 36.8 Å². The molecule has 3 rings (SSSR count). The predicted molar refractivity (Wildman–Crippen MR) is 128 cm³/mol. The van der Waals surface area contributed by atoms with Gasteiger partial charge in [0.15, 0.2) is 11.5 Å². The molecule has 33 heavy (non-hydrogen) atoms. The van der Waals surface area contributed by atoms with E-state index in [0.29, 0.717) is 28.6 Å². The van der Waals surface area contributed by atoms with Gasteiger partial charge < -0.3 is 19.5 Å². The molecule has 2 amide bonds. The second-order valence-electron chi connectivity index (χ2n) is 8.40. The van der Waals surface area contributed by atoms with E-state index in [1.165, 1.54) is 17.6 Å². The van der Waals surface area contributed by atoms with E-state index in [0.717, 1.165) is 5.69 Å². The van der Waals surface area contributed by atoms with Gasteiger partial charge in [-0.2, -0.15) is 0 Å². The first-order valence-electron chi connectivity index (χ1n) is 11.1. The first-order chi connectivity index (χ1) is 15.8. The number of methoxy groups -OCH3 is 2. The highest BCUT2D eigenvalue weighted by atomic mass is 16.5. The average molecular weight is 453 g/mol. The summed E-state index contributed by atoms with van der Waals surface area (Å²) in [4.78, 5) is 27.9. The summed E-state index contributed by atoms with van der Waals surface area (Å²) in [7, 11) is 3.08. The first-order valence-corrected chi connectivity index (χ1v) is 11.1. The Hall–Kier alpha value is -3.32. The molecule has 176 valence electrons. The molecular weight excluding hydrogens is 420 g/mol. The van der Waals surface area contributed by atoms with Crippen LogP contribution in [0.3, 0.4) is 0 Å². The van der Waals surface area contributed by atoms with Gasteiger partial charge in [0.1, 0.15) is 5.70 Å². The molecule has 1 aliphatic rings. The number of nitrogens with one attached hydrogen (secondary N) is 1. The van der Waals surface area contributed by atoms with Gasteiger partial charge in [-0.05, 0) is 55.2 Å². The highest BCUT2D eigenvalue weighted by molar-refractivity contribution is 6.36. The van der Waals surface area contributed by atoms with Crippen molar-refractivity contribution in [3.05, 3.63) is 59.3 Å². The van der Waals surface area contributed by atoms with Crippen LogP contribution in [-0.4, -0.2) is 50.2 Å². The third kappa shape index (κ3) is 5.37. The van der Waals surface area contributed by atoms with Gasteiger partial charge in [0.2, 0.25) is 0 Å². The fourth-order valence-corrected chi connectivity index (χ4v) is 3.63. The Morgan fingerprint density at radius 2 is 1.55 bits per heavy atom. The summed E-state index contributed by atoms with van der Waals surface area (Å²) in [6, 6.07) is 13.0. The maximum absolute atomic E-state index is 13.4. The largest absolute Gasteiger partial charge is 0.493 e. The van der Waals surface area contributed by atoms with Gasteiger partial charge in [-0.15, -0.1) is 0 Å². The zero-order valence-corrected chi connectivity index (χ0v) is 20.1. The lowest BCUT2D eigenvalue weighted by Crippen LogP contribution is -2.35. The van der Waals surface area contributed by atoms with Crippen molar-refractivity contribution in [1.29, 1.82) is 0 Å². The second kappa shape index (κ2) is 10.5. The smallest absolute Gasteiger partial charge is 0.278 e. The molecule has 0 aliphatic carbocycles. The van der Waals surface area contributed by atoms with E-state index in [1.54, 1.807) is 25.3 Å². The van der Waals surface area contributed by atoms with Crippen LogP contribution in [-0.2, 0) is 14.3 Å². The maximum Gasteiger partial charge on any atom is 0.278 e. The zero-order chi connectivity index (χ0) is 24.1. The van der Waals surface area contributed by atoms with Crippen LogP contribution < -0.4 is 14.8 Å². The molecule has 1 heterocycles. The lowest BCUT2D eigenvalue weighted by atomic mass is 10.0. The third-order valence-electron chi connectivity index (χ3n) is 5.45. The number of nitrogens with zero attached hydrogens (tertiary/aromatic N) is 1. The van der Waals surface area contributed by atoms with Crippen LogP contribution in [0.2, 0.25) is 0 Å². The Morgan fingerprint density at radius 1 is 0.879 bits per heavy atom. The number of benzene rings is 2. The molecule has 2 aromatic carbocycles. The Bertz CT molecular complexity index is 1040. The summed E-state index contributed by atoms with van der Waals surface area (Å²) in [6.45, 7) is 8.51. The minimum Gasteiger partial charge on any atom is -0.493 e. The van der Waals surface area contributed by atoms with E-state index in [1.807, 2.05) is 38.1 Å². The molecule has 7 nitrogen and oxygen atoms in total. The van der Waals surface area contributed by atoms with Crippen LogP contribution in [0.5, 0.6) is 11.5 Å². The Balaban J connectivity index is 2.00. The Kier molecular flexibility index (Phi) is 7.76. The van der Waals surface area contributed by atoms with Crippen molar-refractivity contribution in [1.82, 2.24) is 4.90 Å².